The van der Waals surface area contributed by atoms with Crippen molar-refractivity contribution in [3.8, 4) is 0 Å². The fraction of sp³-hybridized carbons (Fsp3) is 0.300. The van der Waals surface area contributed by atoms with Gasteiger partial charge in [0.15, 0.2) is 0 Å². The number of carbonyl (C=O) groups is 1. The molecular weight excluding hydrogens is 194 g/mol. The second kappa shape index (κ2) is 3.94. The van der Waals surface area contributed by atoms with E-state index < -0.39 is 0 Å². The first kappa shape index (κ1) is 9.42. The fourth-order valence-corrected chi connectivity index (χ4v) is 2.19. The summed E-state index contributed by atoms with van der Waals surface area (Å²) >= 11 is 0. The zero-order chi connectivity index (χ0) is 9.97. The summed E-state index contributed by atoms with van der Waals surface area (Å²) in [6.07, 6.45) is 1.08. The molecular formula is C10H13NO2Si. The number of rotatable bonds is 3. The van der Waals surface area contributed by atoms with Crippen molar-refractivity contribution in [3.05, 3.63) is 30.3 Å². The van der Waals surface area contributed by atoms with Crippen LogP contribution >= 0.6 is 0 Å². The Morgan fingerprint density at radius 1 is 1.43 bits per heavy atom. The molecule has 0 N–H and O–H groups in total. The maximum Gasteiger partial charge on any atom is 0.146 e. The first-order valence-electron chi connectivity index (χ1n) is 4.66. The lowest BCUT2D eigenvalue weighted by Crippen LogP contribution is -2.62. The second-order valence-corrected chi connectivity index (χ2v) is 3.86. The van der Waals surface area contributed by atoms with Crippen molar-refractivity contribution in [2.45, 2.75) is 12.1 Å². The average molecular weight is 207 g/mol. The molecule has 1 heterocycles. The van der Waals surface area contributed by atoms with Gasteiger partial charge in [0.2, 0.25) is 0 Å². The minimum atomic E-state index is -0.0881. The summed E-state index contributed by atoms with van der Waals surface area (Å²) < 4.78 is 5.31. The second-order valence-electron chi connectivity index (χ2n) is 3.39. The molecule has 1 fully saturated rings. The van der Waals surface area contributed by atoms with Crippen LogP contribution < -0.4 is 4.90 Å². The minimum absolute atomic E-state index is 0.0881. The average Bonchev–Trinajstić information content (AvgIpc) is 2.19. The van der Waals surface area contributed by atoms with E-state index in [1.165, 1.54) is 0 Å². The predicted molar refractivity (Wildman–Crippen MR) is 58.5 cm³/mol. The summed E-state index contributed by atoms with van der Waals surface area (Å²) in [6.45, 7) is 0.830. The molecule has 0 amide bonds. The molecule has 0 radical (unpaired) electrons. The van der Waals surface area contributed by atoms with Gasteiger partial charge >= 0.3 is 0 Å². The Morgan fingerprint density at radius 3 is 2.71 bits per heavy atom. The number of benzene rings is 1. The van der Waals surface area contributed by atoms with Gasteiger partial charge in [0.25, 0.3) is 0 Å². The zero-order valence-corrected chi connectivity index (χ0v) is 10.1. The molecule has 0 bridgehead atoms. The Morgan fingerprint density at radius 2 is 2.14 bits per heavy atom. The maximum absolute atomic E-state index is 10.8. The van der Waals surface area contributed by atoms with Crippen molar-refractivity contribution in [3.63, 3.8) is 0 Å². The van der Waals surface area contributed by atoms with E-state index in [1.807, 2.05) is 30.3 Å². The van der Waals surface area contributed by atoms with Crippen molar-refractivity contribution in [1.82, 2.24) is 0 Å². The van der Waals surface area contributed by atoms with E-state index in [9.17, 15) is 4.79 Å². The standard InChI is InChI=1S/C10H13NO2Si/c12-7-9-10(13-14)6-11(9)8-4-2-1-3-5-8/h1-5,7,9-10H,6H2,14H3. The Kier molecular flexibility index (Phi) is 2.65. The predicted octanol–water partition coefficient (Wildman–Crippen LogP) is -0.260. The number of hydrogen-bond acceptors (Lipinski definition) is 3. The van der Waals surface area contributed by atoms with Gasteiger partial charge in [0, 0.05) is 12.2 Å². The van der Waals surface area contributed by atoms with E-state index in [1.54, 1.807) is 0 Å². The molecule has 1 aromatic rings. The molecule has 0 saturated carbocycles. The first-order valence-corrected chi connectivity index (χ1v) is 5.48. The van der Waals surface area contributed by atoms with Gasteiger partial charge < -0.3 is 14.1 Å². The van der Waals surface area contributed by atoms with Gasteiger partial charge in [0.1, 0.15) is 22.8 Å². The normalized spacial score (nSPS) is 25.9. The number of anilines is 1. The molecule has 4 heteroatoms. The van der Waals surface area contributed by atoms with Crippen LogP contribution in [0.2, 0.25) is 0 Å². The van der Waals surface area contributed by atoms with Crippen molar-refractivity contribution in [2.75, 3.05) is 11.4 Å². The molecule has 1 aromatic carbocycles. The molecule has 1 saturated heterocycles. The van der Waals surface area contributed by atoms with Gasteiger partial charge in [-0.1, -0.05) is 18.2 Å². The molecule has 0 aliphatic carbocycles. The van der Waals surface area contributed by atoms with Crippen molar-refractivity contribution >= 4 is 22.5 Å². The molecule has 1 aliphatic rings. The fourth-order valence-electron chi connectivity index (χ4n) is 1.76. The first-order chi connectivity index (χ1) is 6.86. The smallest absolute Gasteiger partial charge is 0.146 e. The van der Waals surface area contributed by atoms with Gasteiger partial charge in [-0.25, -0.2) is 0 Å². The van der Waals surface area contributed by atoms with Crippen LogP contribution in [0, 0.1) is 0 Å². The van der Waals surface area contributed by atoms with Crippen molar-refractivity contribution in [1.29, 1.82) is 0 Å². The largest absolute Gasteiger partial charge is 0.421 e. The molecule has 3 nitrogen and oxygen atoms in total. The van der Waals surface area contributed by atoms with Gasteiger partial charge in [-0.2, -0.15) is 0 Å². The molecule has 0 aromatic heterocycles. The van der Waals surface area contributed by atoms with E-state index in [2.05, 4.69) is 4.90 Å². The SMILES string of the molecule is O=CC1C(O[SiH3])CN1c1ccccc1. The number of nitrogens with zero attached hydrogens (tertiary/aromatic N) is 1. The van der Waals surface area contributed by atoms with Crippen LogP contribution in [0.5, 0.6) is 0 Å². The van der Waals surface area contributed by atoms with Crippen LogP contribution in [-0.2, 0) is 9.22 Å². The summed E-state index contributed by atoms with van der Waals surface area (Å²) in [6, 6.07) is 9.87. The van der Waals surface area contributed by atoms with Gasteiger partial charge in [-0.15, -0.1) is 0 Å². The molecule has 14 heavy (non-hydrogen) atoms. The third-order valence-corrected chi connectivity index (χ3v) is 3.25. The summed E-state index contributed by atoms with van der Waals surface area (Å²) in [5.74, 6) is 0. The van der Waals surface area contributed by atoms with E-state index >= 15 is 0 Å². The van der Waals surface area contributed by atoms with Gasteiger partial charge in [-0.3, -0.25) is 0 Å². The summed E-state index contributed by atoms with van der Waals surface area (Å²) in [4.78, 5) is 12.9. The lowest BCUT2D eigenvalue weighted by molar-refractivity contribution is -0.112. The zero-order valence-electron chi connectivity index (χ0n) is 8.09. The van der Waals surface area contributed by atoms with Crippen LogP contribution in [-0.4, -0.2) is 35.5 Å². The Bertz CT molecular complexity index is 317. The number of carbonyl (C=O) groups excluding carboxylic acids is 1. The van der Waals surface area contributed by atoms with E-state index in [0.29, 0.717) is 10.5 Å². The Hall–Kier alpha value is -1.13. The highest BCUT2D eigenvalue weighted by molar-refractivity contribution is 5.98. The highest BCUT2D eigenvalue weighted by Gasteiger charge is 2.38. The topological polar surface area (TPSA) is 29.5 Å². The lowest BCUT2D eigenvalue weighted by atomic mass is 10.00. The Balaban J connectivity index is 2.12. The van der Waals surface area contributed by atoms with Crippen LogP contribution in [0.15, 0.2) is 30.3 Å². The van der Waals surface area contributed by atoms with Crippen LogP contribution in [0.3, 0.4) is 0 Å². The quantitative estimate of drug-likeness (QED) is 0.505. The van der Waals surface area contributed by atoms with Crippen LogP contribution in [0.25, 0.3) is 0 Å². The van der Waals surface area contributed by atoms with E-state index in [4.69, 9.17) is 4.43 Å². The van der Waals surface area contributed by atoms with Crippen LogP contribution in [0.4, 0.5) is 5.69 Å². The summed E-state index contributed by atoms with van der Waals surface area (Å²) in [7, 11) is 0.695. The monoisotopic (exact) mass is 207 g/mol. The van der Waals surface area contributed by atoms with Gasteiger partial charge in [-0.05, 0) is 12.1 Å². The molecule has 2 rings (SSSR count). The highest BCUT2D eigenvalue weighted by Crippen LogP contribution is 2.26. The maximum atomic E-state index is 10.8. The number of aldehydes is 1. The van der Waals surface area contributed by atoms with E-state index in [0.717, 1.165) is 18.5 Å². The summed E-state index contributed by atoms with van der Waals surface area (Å²) in [5, 5.41) is 0. The molecule has 74 valence electrons. The highest BCUT2D eigenvalue weighted by atomic mass is 28.2. The molecule has 0 spiro atoms. The van der Waals surface area contributed by atoms with Crippen LogP contribution in [0.1, 0.15) is 0 Å². The van der Waals surface area contributed by atoms with Crippen molar-refractivity contribution < 1.29 is 9.22 Å². The Labute approximate surface area is 86.2 Å². The molecule has 2 unspecified atom stereocenters. The van der Waals surface area contributed by atoms with E-state index in [-0.39, 0.29) is 12.1 Å². The minimum Gasteiger partial charge on any atom is -0.421 e. The molecule has 2 atom stereocenters. The molecule has 1 aliphatic heterocycles. The number of hydrogen-bond donors (Lipinski definition) is 0. The summed E-state index contributed by atoms with van der Waals surface area (Å²) in [5.41, 5.74) is 1.10. The third-order valence-electron chi connectivity index (χ3n) is 2.65. The lowest BCUT2D eigenvalue weighted by Gasteiger charge is -2.46. The number of para-hydroxylation sites is 1. The van der Waals surface area contributed by atoms with Crippen molar-refractivity contribution in [2.24, 2.45) is 0 Å². The van der Waals surface area contributed by atoms with Gasteiger partial charge in [0.05, 0.1) is 6.10 Å². The third kappa shape index (κ3) is 1.47.